The Morgan fingerprint density at radius 3 is 1.87 bits per heavy atom. The third kappa shape index (κ3) is 9.73. The molecule has 4 nitrogen and oxygen atoms in total. The van der Waals surface area contributed by atoms with E-state index in [1.165, 1.54) is 22.3 Å². The van der Waals surface area contributed by atoms with Crippen molar-refractivity contribution >= 4 is 11.0 Å². The third-order valence-corrected chi connectivity index (χ3v) is 13.6. The minimum atomic E-state index is -0.675. The molecule has 0 saturated carbocycles. The summed E-state index contributed by atoms with van der Waals surface area (Å²) in [5.74, 6) is 0.219. The van der Waals surface area contributed by atoms with Crippen molar-refractivity contribution in [3.8, 4) is 78.6 Å². The fraction of sp³-hybridized carbons (Fsp3) is 0.262. The van der Waals surface area contributed by atoms with E-state index in [1.807, 2.05) is 45.2 Å². The number of pyridine rings is 1. The molecule has 9 rings (SSSR count). The van der Waals surface area contributed by atoms with Crippen molar-refractivity contribution in [1.29, 1.82) is 0 Å². The minimum absolute atomic E-state index is 0. The Hall–Kier alpha value is -6.35. The number of aromatic hydroxyl groups is 1. The molecule has 0 amide bonds. The van der Waals surface area contributed by atoms with Crippen molar-refractivity contribution < 1.29 is 27.5 Å². The number of phenolic OH excluding ortho intramolecular Hbond substituents is 1. The Bertz CT molecular complexity index is 3430. The second-order valence-electron chi connectivity index (χ2n) is 22.2. The molecule has 0 aliphatic rings. The molecule has 0 aliphatic carbocycles. The van der Waals surface area contributed by atoms with E-state index in [0.29, 0.717) is 11.4 Å². The number of benzene rings is 7. The van der Waals surface area contributed by atoms with Gasteiger partial charge < -0.3 is 5.11 Å². The summed E-state index contributed by atoms with van der Waals surface area (Å²) in [6, 6.07) is 55.6. The summed E-state index contributed by atoms with van der Waals surface area (Å²) in [5.41, 5.74) is 19.9. The van der Waals surface area contributed by atoms with Gasteiger partial charge in [0, 0.05) is 34.3 Å². The number of aryl methyl sites for hydroxylation is 2. The van der Waals surface area contributed by atoms with Gasteiger partial charge in [0.2, 0.25) is 0 Å². The van der Waals surface area contributed by atoms with Gasteiger partial charge in [-0.25, -0.2) is 4.98 Å². The average Bonchev–Trinajstić information content (AvgIpc) is 3.70. The van der Waals surface area contributed by atoms with E-state index in [4.69, 9.17) is 11.3 Å². The van der Waals surface area contributed by atoms with Crippen LogP contribution in [-0.4, -0.2) is 19.6 Å². The van der Waals surface area contributed by atoms with Crippen molar-refractivity contribution in [2.45, 2.75) is 112 Å². The topological polar surface area (TPSA) is 50.9 Å². The molecule has 70 heavy (non-hydrogen) atoms. The van der Waals surface area contributed by atoms with E-state index in [0.717, 1.165) is 83.6 Å². The molecule has 0 bridgehead atoms. The van der Waals surface area contributed by atoms with Gasteiger partial charge in [-0.1, -0.05) is 190 Å². The van der Waals surface area contributed by atoms with Crippen LogP contribution in [-0.2, 0) is 37.3 Å². The number of hydrogen-bond donors (Lipinski definition) is 1. The summed E-state index contributed by atoms with van der Waals surface area (Å²) in [6.07, 6.45) is 1.87. The van der Waals surface area contributed by atoms with E-state index in [2.05, 4.69) is 207 Å². The number of fused-ring (bicyclic) bond motifs is 1. The van der Waals surface area contributed by atoms with Gasteiger partial charge in [0.25, 0.3) is 0 Å². The number of hydrogen-bond acceptors (Lipinski definition) is 3. The Kier molecular flexibility index (Phi) is 13.3. The first-order valence-electron chi connectivity index (χ1n) is 24.8. The number of imidazole rings is 1. The zero-order valence-corrected chi connectivity index (χ0v) is 45.3. The molecule has 0 atom stereocenters. The molecule has 0 aliphatic heterocycles. The van der Waals surface area contributed by atoms with Gasteiger partial charge in [0.15, 0.2) is 0 Å². The molecule has 0 radical (unpaired) electrons. The van der Waals surface area contributed by atoms with Crippen LogP contribution in [0.15, 0.2) is 152 Å². The monoisotopic (exact) mass is 1100 g/mol. The van der Waals surface area contributed by atoms with Crippen LogP contribution in [0, 0.1) is 19.9 Å². The van der Waals surface area contributed by atoms with Gasteiger partial charge in [-0.05, 0) is 128 Å². The van der Waals surface area contributed by atoms with E-state index < -0.39 is 5.89 Å². The van der Waals surface area contributed by atoms with Crippen molar-refractivity contribution in [2.75, 3.05) is 0 Å². The van der Waals surface area contributed by atoms with Crippen LogP contribution in [0.3, 0.4) is 0 Å². The second kappa shape index (κ2) is 19.1. The molecule has 0 unspecified atom stereocenters. The third-order valence-electron chi connectivity index (χ3n) is 13.6. The van der Waals surface area contributed by atoms with Crippen molar-refractivity contribution in [3.63, 3.8) is 0 Å². The standard InChI is InChI=1S/C65H66N3O.Pt/c1-40(2)43-25-27-44(28-26-43)46-31-32-66-56(38-46)49-35-48(36-51(37-49)64(8,9)10)53-22-18-24-58-60(53)67-62(54-39-50(63(5,6)7)34-42(4)61(54)69)68(58)57-30-29-47(33-41(57)3)59-52(45-19-15-14-16-20-45)21-17-23-55(59)65(11,12)13;/h14-34,36-40,69H,1-13H3;/q-1;/i40D;. The number of aromatic nitrogens is 3. The Morgan fingerprint density at radius 1 is 0.571 bits per heavy atom. The van der Waals surface area contributed by atoms with Crippen LogP contribution in [0.4, 0.5) is 0 Å². The predicted molar refractivity (Wildman–Crippen MR) is 292 cm³/mol. The fourth-order valence-corrected chi connectivity index (χ4v) is 9.57. The van der Waals surface area contributed by atoms with Crippen molar-refractivity contribution in [3.05, 3.63) is 191 Å². The first-order valence-corrected chi connectivity index (χ1v) is 24.3. The van der Waals surface area contributed by atoms with Crippen LogP contribution in [0.25, 0.3) is 83.9 Å². The second-order valence-corrected chi connectivity index (χ2v) is 22.2. The van der Waals surface area contributed by atoms with Crippen molar-refractivity contribution in [1.82, 2.24) is 14.5 Å². The number of nitrogens with zero attached hydrogens (tertiary/aromatic N) is 3. The minimum Gasteiger partial charge on any atom is -0.507 e. The zero-order valence-electron chi connectivity index (χ0n) is 44.0. The number of para-hydroxylation sites is 1. The van der Waals surface area contributed by atoms with Gasteiger partial charge in [-0.2, -0.15) is 0 Å². The summed E-state index contributed by atoms with van der Waals surface area (Å²) >= 11 is 0. The summed E-state index contributed by atoms with van der Waals surface area (Å²) in [4.78, 5) is 10.5. The van der Waals surface area contributed by atoms with E-state index >= 15 is 0 Å². The Balaban J connectivity index is 0.00000676. The van der Waals surface area contributed by atoms with Crippen LogP contribution in [0.1, 0.15) is 117 Å². The van der Waals surface area contributed by atoms with E-state index in [-0.39, 0.29) is 43.1 Å². The molecule has 358 valence electrons. The maximum Gasteiger partial charge on any atom is 0.148 e. The van der Waals surface area contributed by atoms with E-state index in [9.17, 15) is 5.11 Å². The molecule has 0 fully saturated rings. The predicted octanol–water partition coefficient (Wildman–Crippen LogP) is 17.6. The normalized spacial score (nSPS) is 12.5. The van der Waals surface area contributed by atoms with Gasteiger partial charge in [-0.15, -0.1) is 29.3 Å². The molecule has 5 heteroatoms. The number of phenols is 1. The summed E-state index contributed by atoms with van der Waals surface area (Å²) in [5, 5.41) is 12.1. The van der Waals surface area contributed by atoms with Crippen LogP contribution in [0.5, 0.6) is 5.75 Å². The average molecular weight is 1100 g/mol. The quantitative estimate of drug-likeness (QED) is 0.154. The molecule has 2 aromatic heterocycles. The Morgan fingerprint density at radius 2 is 1.21 bits per heavy atom. The van der Waals surface area contributed by atoms with E-state index in [1.54, 1.807) is 0 Å². The smallest absolute Gasteiger partial charge is 0.148 e. The van der Waals surface area contributed by atoms with Gasteiger partial charge in [0.1, 0.15) is 11.6 Å². The zero-order chi connectivity index (χ0) is 50.1. The van der Waals surface area contributed by atoms with Crippen LogP contribution < -0.4 is 0 Å². The SMILES string of the molecule is [2H]C(C)(C)c1ccc(-c2ccnc(-c3[c-]c(-c4cccc5c4nc(-c4cc(C(C)(C)C)cc(C)c4O)n5-c4ccc(-c5c(-c6ccccc6)cccc5C(C)(C)C)cc4C)cc(C(C)(C)C)c3)c2)cc1.[Pt]. The van der Waals surface area contributed by atoms with Gasteiger partial charge in [0.05, 0.1) is 22.3 Å². The van der Waals surface area contributed by atoms with Gasteiger partial charge in [-0.3, -0.25) is 9.55 Å². The molecular weight excluding hydrogens is 1030 g/mol. The fourth-order valence-electron chi connectivity index (χ4n) is 9.57. The molecule has 1 N–H and O–H groups in total. The molecule has 7 aromatic carbocycles. The number of rotatable bonds is 8. The molecule has 2 heterocycles. The summed E-state index contributed by atoms with van der Waals surface area (Å²) < 4.78 is 10.8. The maximum atomic E-state index is 12.1. The van der Waals surface area contributed by atoms with Crippen LogP contribution in [0.2, 0.25) is 0 Å². The molecule has 0 saturated heterocycles. The molecule has 0 spiro atoms. The first-order chi connectivity index (χ1) is 33.0. The maximum absolute atomic E-state index is 12.1. The molecular formula is C65H66N3OPt-. The van der Waals surface area contributed by atoms with Gasteiger partial charge >= 0.3 is 0 Å². The van der Waals surface area contributed by atoms with Crippen LogP contribution >= 0.6 is 0 Å². The summed E-state index contributed by atoms with van der Waals surface area (Å²) in [6.45, 7) is 28.2. The van der Waals surface area contributed by atoms with Crippen molar-refractivity contribution in [2.24, 2.45) is 0 Å². The largest absolute Gasteiger partial charge is 0.507 e. The first kappa shape index (κ1) is 48.7. The summed E-state index contributed by atoms with van der Waals surface area (Å²) in [7, 11) is 0. The molecule has 9 aromatic rings. The Labute approximate surface area is 432 Å².